The van der Waals surface area contributed by atoms with E-state index in [2.05, 4.69) is 10.3 Å². The van der Waals surface area contributed by atoms with Crippen LogP contribution in [0.25, 0.3) is 0 Å². The number of nitrogens with one attached hydrogen (secondary N) is 1. The summed E-state index contributed by atoms with van der Waals surface area (Å²) in [5.74, 6) is 0.682. The van der Waals surface area contributed by atoms with Crippen LogP contribution in [0.15, 0.2) is 72.9 Å². The van der Waals surface area contributed by atoms with E-state index in [0.717, 1.165) is 22.8 Å². The lowest BCUT2D eigenvalue weighted by Crippen LogP contribution is -2.26. The first-order valence-corrected chi connectivity index (χ1v) is 8.86. The maximum atomic E-state index is 12.6. The third kappa shape index (κ3) is 4.85. The van der Waals surface area contributed by atoms with E-state index in [9.17, 15) is 4.79 Å². The second-order valence-corrected chi connectivity index (χ2v) is 6.45. The second-order valence-electron chi connectivity index (χ2n) is 6.45. The number of hydrogen-bond acceptors (Lipinski definition) is 4. The van der Waals surface area contributed by atoms with Gasteiger partial charge in [0.2, 0.25) is 0 Å². The molecule has 3 aromatic rings. The average Bonchev–Trinajstić information content (AvgIpc) is 2.69. The van der Waals surface area contributed by atoms with Crippen molar-refractivity contribution in [1.82, 2.24) is 4.98 Å². The Labute approximate surface area is 159 Å². The Morgan fingerprint density at radius 3 is 2.22 bits per heavy atom. The van der Waals surface area contributed by atoms with Gasteiger partial charge in [-0.1, -0.05) is 18.2 Å². The lowest BCUT2D eigenvalue weighted by Gasteiger charge is -2.17. The topological polar surface area (TPSA) is 54.5 Å². The molecule has 0 radical (unpaired) electrons. The second kappa shape index (κ2) is 8.36. The molecule has 0 spiro atoms. The highest BCUT2D eigenvalue weighted by Gasteiger charge is 2.14. The van der Waals surface area contributed by atoms with E-state index in [-0.39, 0.29) is 12.0 Å². The predicted octanol–water partition coefficient (Wildman–Crippen LogP) is 4.89. The Bertz CT molecular complexity index is 876. The maximum absolute atomic E-state index is 12.6. The molecule has 2 aromatic carbocycles. The van der Waals surface area contributed by atoms with Crippen LogP contribution in [0.1, 0.15) is 24.3 Å². The van der Waals surface area contributed by atoms with Crippen molar-refractivity contribution in [3.8, 4) is 5.75 Å². The molecule has 1 heterocycles. The van der Waals surface area contributed by atoms with Crippen molar-refractivity contribution in [3.05, 3.63) is 78.6 Å². The monoisotopic (exact) mass is 361 g/mol. The zero-order valence-corrected chi connectivity index (χ0v) is 15.7. The van der Waals surface area contributed by atoms with Gasteiger partial charge in [-0.25, -0.2) is 4.98 Å². The quantitative estimate of drug-likeness (QED) is 0.679. The molecule has 0 aliphatic carbocycles. The van der Waals surface area contributed by atoms with Crippen LogP contribution in [0.2, 0.25) is 0 Å². The number of para-hydroxylation sites is 1. The van der Waals surface area contributed by atoms with Gasteiger partial charge in [-0.05, 0) is 62.4 Å². The van der Waals surface area contributed by atoms with Crippen molar-refractivity contribution in [2.24, 2.45) is 0 Å². The summed E-state index contributed by atoms with van der Waals surface area (Å²) < 4.78 is 5.64. The van der Waals surface area contributed by atoms with Gasteiger partial charge in [0, 0.05) is 18.4 Å². The summed E-state index contributed by atoms with van der Waals surface area (Å²) in [6.45, 7) is 3.99. The van der Waals surface area contributed by atoms with Gasteiger partial charge in [-0.3, -0.25) is 4.79 Å². The summed E-state index contributed by atoms with van der Waals surface area (Å²) in [5.41, 5.74) is 2.96. The molecule has 138 valence electrons. The zero-order valence-electron chi connectivity index (χ0n) is 15.7. The normalized spacial score (nSPS) is 10.5. The van der Waals surface area contributed by atoms with E-state index >= 15 is 0 Å². The van der Waals surface area contributed by atoms with Gasteiger partial charge in [-0.15, -0.1) is 0 Å². The number of benzene rings is 2. The smallest absolute Gasteiger partial charge is 0.276 e. The number of hydrogen-bond donors (Lipinski definition) is 1. The van der Waals surface area contributed by atoms with Gasteiger partial charge in [-0.2, -0.15) is 0 Å². The molecule has 5 heteroatoms. The van der Waals surface area contributed by atoms with E-state index in [1.165, 1.54) is 0 Å². The highest BCUT2D eigenvalue weighted by atomic mass is 16.5. The summed E-state index contributed by atoms with van der Waals surface area (Å²) in [6.07, 6.45) is 1.80. The van der Waals surface area contributed by atoms with E-state index in [1.807, 2.05) is 74.5 Å². The SMILES string of the molecule is CC(C)Oc1ccc(Nc2ccc(C(=O)N(C)c3ccccc3)nc2)cc1. The molecular weight excluding hydrogens is 338 g/mol. The van der Waals surface area contributed by atoms with Crippen molar-refractivity contribution in [2.75, 3.05) is 17.3 Å². The number of aromatic nitrogens is 1. The minimum atomic E-state index is -0.150. The van der Waals surface area contributed by atoms with Crippen LogP contribution in [0.5, 0.6) is 5.75 Å². The summed E-state index contributed by atoms with van der Waals surface area (Å²) in [5, 5.41) is 3.27. The Balaban J connectivity index is 1.65. The molecule has 0 bridgehead atoms. The fourth-order valence-electron chi connectivity index (χ4n) is 2.59. The Morgan fingerprint density at radius 2 is 1.63 bits per heavy atom. The third-order valence-corrected chi connectivity index (χ3v) is 3.95. The fraction of sp³-hybridized carbons (Fsp3) is 0.182. The minimum absolute atomic E-state index is 0.145. The Hall–Kier alpha value is -3.34. The van der Waals surface area contributed by atoms with Crippen LogP contribution in [0.4, 0.5) is 17.1 Å². The Kier molecular flexibility index (Phi) is 5.71. The number of amides is 1. The van der Waals surface area contributed by atoms with Gasteiger partial charge in [0.25, 0.3) is 5.91 Å². The van der Waals surface area contributed by atoms with E-state index in [1.54, 1.807) is 24.2 Å². The maximum Gasteiger partial charge on any atom is 0.276 e. The summed E-state index contributed by atoms with van der Waals surface area (Å²) >= 11 is 0. The first-order valence-electron chi connectivity index (χ1n) is 8.86. The standard InChI is InChI=1S/C22H23N3O2/c1-16(2)27-20-12-9-17(10-13-20)24-18-11-14-21(23-15-18)22(26)25(3)19-7-5-4-6-8-19/h4-16,24H,1-3H3. The minimum Gasteiger partial charge on any atom is -0.491 e. The highest BCUT2D eigenvalue weighted by molar-refractivity contribution is 6.04. The number of nitrogens with zero attached hydrogens (tertiary/aromatic N) is 2. The molecule has 0 saturated heterocycles. The molecule has 0 atom stereocenters. The molecule has 0 saturated carbocycles. The van der Waals surface area contributed by atoms with Crippen LogP contribution in [0, 0.1) is 0 Å². The zero-order chi connectivity index (χ0) is 19.2. The largest absolute Gasteiger partial charge is 0.491 e. The number of carbonyl (C=O) groups is 1. The molecule has 3 rings (SSSR count). The van der Waals surface area contributed by atoms with Crippen molar-refractivity contribution >= 4 is 23.0 Å². The lowest BCUT2D eigenvalue weighted by atomic mass is 10.2. The van der Waals surface area contributed by atoms with Crippen LogP contribution in [-0.4, -0.2) is 24.0 Å². The predicted molar refractivity (Wildman–Crippen MR) is 109 cm³/mol. The molecule has 0 aliphatic rings. The Morgan fingerprint density at radius 1 is 0.963 bits per heavy atom. The van der Waals surface area contributed by atoms with Crippen LogP contribution >= 0.6 is 0 Å². The van der Waals surface area contributed by atoms with Crippen LogP contribution in [0.3, 0.4) is 0 Å². The number of anilines is 3. The molecule has 0 aliphatic heterocycles. The molecule has 27 heavy (non-hydrogen) atoms. The van der Waals surface area contributed by atoms with Crippen LogP contribution in [-0.2, 0) is 0 Å². The van der Waals surface area contributed by atoms with Crippen molar-refractivity contribution in [1.29, 1.82) is 0 Å². The van der Waals surface area contributed by atoms with Gasteiger partial charge >= 0.3 is 0 Å². The van der Waals surface area contributed by atoms with E-state index in [4.69, 9.17) is 4.74 Å². The number of carbonyl (C=O) groups excluding carboxylic acids is 1. The lowest BCUT2D eigenvalue weighted by molar-refractivity contribution is 0.0988. The molecule has 5 nitrogen and oxygen atoms in total. The molecule has 1 amide bonds. The molecular formula is C22H23N3O2. The summed E-state index contributed by atoms with van der Waals surface area (Å²) in [6, 6.07) is 20.8. The van der Waals surface area contributed by atoms with E-state index < -0.39 is 0 Å². The van der Waals surface area contributed by atoms with Crippen LogP contribution < -0.4 is 15.0 Å². The summed E-state index contributed by atoms with van der Waals surface area (Å²) in [7, 11) is 1.74. The third-order valence-electron chi connectivity index (χ3n) is 3.95. The highest BCUT2D eigenvalue weighted by Crippen LogP contribution is 2.21. The summed E-state index contributed by atoms with van der Waals surface area (Å²) in [4.78, 5) is 18.5. The van der Waals surface area contributed by atoms with Crippen molar-refractivity contribution < 1.29 is 9.53 Å². The van der Waals surface area contributed by atoms with Gasteiger partial charge < -0.3 is 15.0 Å². The van der Waals surface area contributed by atoms with Crippen molar-refractivity contribution in [3.63, 3.8) is 0 Å². The molecule has 1 N–H and O–H groups in total. The van der Waals surface area contributed by atoms with Gasteiger partial charge in [0.15, 0.2) is 0 Å². The van der Waals surface area contributed by atoms with Crippen molar-refractivity contribution in [2.45, 2.75) is 20.0 Å². The molecule has 1 aromatic heterocycles. The molecule has 0 unspecified atom stereocenters. The first-order chi connectivity index (χ1) is 13.0. The van der Waals surface area contributed by atoms with Gasteiger partial charge in [0.1, 0.15) is 11.4 Å². The van der Waals surface area contributed by atoms with E-state index in [0.29, 0.717) is 5.69 Å². The number of pyridine rings is 1. The fourth-order valence-corrected chi connectivity index (χ4v) is 2.59. The first kappa shape index (κ1) is 18.5. The molecule has 0 fully saturated rings. The van der Waals surface area contributed by atoms with Gasteiger partial charge in [0.05, 0.1) is 18.0 Å². The number of ether oxygens (including phenoxy) is 1. The average molecular weight is 361 g/mol. The number of rotatable bonds is 6.